The molecule has 1 unspecified atom stereocenters. The minimum absolute atomic E-state index is 1.07. The maximum atomic E-state index is 7.47. The van der Waals surface area contributed by atoms with Crippen molar-refractivity contribution in [1.29, 1.82) is 0 Å². The van der Waals surface area contributed by atoms with Gasteiger partial charge in [-0.15, -0.1) is 13.2 Å². The SMILES string of the molecule is C=C[Si](C)(C)O[Si](C)(O[Si](O[Si](C)(C)C=C)(c1ccccc1)c1ccccc1)c1ccccc1. The van der Waals surface area contributed by atoms with Gasteiger partial charge in [-0.25, -0.2) is 0 Å². The topological polar surface area (TPSA) is 27.7 Å². The van der Waals surface area contributed by atoms with Gasteiger partial charge < -0.3 is 12.3 Å². The number of hydrogen-bond acceptors (Lipinski definition) is 3. The fourth-order valence-electron chi connectivity index (χ4n) is 3.85. The highest BCUT2D eigenvalue weighted by Gasteiger charge is 2.54. The van der Waals surface area contributed by atoms with Gasteiger partial charge in [0.15, 0.2) is 8.32 Å². The van der Waals surface area contributed by atoms with Gasteiger partial charge in [0.25, 0.3) is 0 Å². The van der Waals surface area contributed by atoms with Crippen LogP contribution >= 0.6 is 0 Å². The molecule has 0 amide bonds. The van der Waals surface area contributed by atoms with Crippen molar-refractivity contribution in [3.8, 4) is 0 Å². The molecule has 0 saturated heterocycles. The molecule has 0 aliphatic rings. The molecule has 34 heavy (non-hydrogen) atoms. The van der Waals surface area contributed by atoms with Crippen LogP contribution in [-0.2, 0) is 12.3 Å². The van der Waals surface area contributed by atoms with Crippen molar-refractivity contribution in [2.45, 2.75) is 32.7 Å². The van der Waals surface area contributed by atoms with Gasteiger partial charge in [-0.05, 0) is 48.3 Å². The van der Waals surface area contributed by atoms with Crippen molar-refractivity contribution in [3.05, 3.63) is 116 Å². The van der Waals surface area contributed by atoms with Gasteiger partial charge >= 0.3 is 17.1 Å². The van der Waals surface area contributed by atoms with E-state index < -0.39 is 33.8 Å². The van der Waals surface area contributed by atoms with E-state index in [2.05, 4.69) is 107 Å². The van der Waals surface area contributed by atoms with Crippen LogP contribution in [0.15, 0.2) is 116 Å². The molecule has 7 heteroatoms. The van der Waals surface area contributed by atoms with E-state index in [-0.39, 0.29) is 0 Å². The second-order valence-electron chi connectivity index (χ2n) is 9.58. The van der Waals surface area contributed by atoms with Gasteiger partial charge in [0.2, 0.25) is 8.32 Å². The molecule has 0 aliphatic carbocycles. The average molecular weight is 521 g/mol. The summed E-state index contributed by atoms with van der Waals surface area (Å²) in [5.41, 5.74) is 3.96. The largest absolute Gasteiger partial charge is 0.430 e. The molecule has 3 aromatic carbocycles. The van der Waals surface area contributed by atoms with Crippen molar-refractivity contribution < 1.29 is 12.3 Å². The molecule has 3 aromatic rings. The van der Waals surface area contributed by atoms with Crippen LogP contribution in [-0.4, -0.2) is 33.8 Å². The molecule has 1 atom stereocenters. The van der Waals surface area contributed by atoms with Crippen LogP contribution < -0.4 is 15.6 Å². The first-order chi connectivity index (χ1) is 16.1. The number of benzene rings is 3. The summed E-state index contributed by atoms with van der Waals surface area (Å²) in [4.78, 5) is 0. The third-order valence-corrected chi connectivity index (χ3v) is 21.0. The van der Waals surface area contributed by atoms with E-state index in [1.54, 1.807) is 0 Å². The summed E-state index contributed by atoms with van der Waals surface area (Å²) in [5.74, 6) is 0. The summed E-state index contributed by atoms with van der Waals surface area (Å²) in [7, 11) is -10.7. The lowest BCUT2D eigenvalue weighted by Crippen LogP contribution is -2.73. The Morgan fingerprint density at radius 2 is 0.853 bits per heavy atom. The Labute approximate surface area is 209 Å². The molecule has 0 aromatic heterocycles. The van der Waals surface area contributed by atoms with Crippen LogP contribution in [0.4, 0.5) is 0 Å². The van der Waals surface area contributed by atoms with Crippen LogP contribution in [0.2, 0.25) is 32.7 Å². The Morgan fingerprint density at radius 1 is 0.500 bits per heavy atom. The Morgan fingerprint density at radius 3 is 1.24 bits per heavy atom. The van der Waals surface area contributed by atoms with Crippen molar-refractivity contribution in [2.75, 3.05) is 0 Å². The summed E-state index contributed by atoms with van der Waals surface area (Å²) in [6, 6.07) is 31.1. The molecule has 0 radical (unpaired) electrons. The van der Waals surface area contributed by atoms with Gasteiger partial charge in [-0.2, -0.15) is 0 Å². The number of hydrogen-bond donors (Lipinski definition) is 0. The van der Waals surface area contributed by atoms with Crippen molar-refractivity contribution in [3.63, 3.8) is 0 Å². The zero-order chi connectivity index (χ0) is 24.9. The molecule has 0 spiro atoms. The molecule has 3 rings (SSSR count). The van der Waals surface area contributed by atoms with Crippen LogP contribution in [0.1, 0.15) is 0 Å². The van der Waals surface area contributed by atoms with Gasteiger partial charge in [0, 0.05) is 0 Å². The molecule has 0 N–H and O–H groups in total. The van der Waals surface area contributed by atoms with Gasteiger partial charge in [0.05, 0.1) is 0 Å². The quantitative estimate of drug-likeness (QED) is 0.328. The van der Waals surface area contributed by atoms with Crippen LogP contribution in [0.25, 0.3) is 0 Å². The molecule has 0 aliphatic heterocycles. The summed E-state index contributed by atoms with van der Waals surface area (Å²) < 4.78 is 21.6. The second kappa shape index (κ2) is 10.7. The van der Waals surface area contributed by atoms with Crippen LogP contribution in [0.3, 0.4) is 0 Å². The average Bonchev–Trinajstić information content (AvgIpc) is 2.85. The van der Waals surface area contributed by atoms with Gasteiger partial charge in [-0.1, -0.05) is 102 Å². The molecule has 0 fully saturated rings. The normalized spacial score (nSPS) is 14.3. The fraction of sp³-hybridized carbons (Fsp3) is 0.185. The van der Waals surface area contributed by atoms with Crippen LogP contribution in [0.5, 0.6) is 0 Å². The lowest BCUT2D eigenvalue weighted by Gasteiger charge is -2.44. The predicted molar refractivity (Wildman–Crippen MR) is 154 cm³/mol. The third kappa shape index (κ3) is 6.11. The maximum Gasteiger partial charge on any atom is 0.388 e. The molecule has 178 valence electrons. The Kier molecular flexibility index (Phi) is 8.30. The Hall–Kier alpha value is -2.11. The van der Waals surface area contributed by atoms with E-state index in [1.807, 2.05) is 41.7 Å². The van der Waals surface area contributed by atoms with E-state index in [1.165, 1.54) is 0 Å². The second-order valence-corrected chi connectivity index (χ2v) is 24.1. The fourth-order valence-corrected chi connectivity index (χ4v) is 20.0. The van der Waals surface area contributed by atoms with E-state index in [4.69, 9.17) is 12.3 Å². The molecule has 3 nitrogen and oxygen atoms in total. The van der Waals surface area contributed by atoms with E-state index in [0.29, 0.717) is 0 Å². The zero-order valence-corrected chi connectivity index (χ0v) is 25.0. The molecular formula is C27H36O3Si4. The Bertz CT molecular complexity index is 1050. The van der Waals surface area contributed by atoms with Crippen molar-refractivity contribution in [1.82, 2.24) is 0 Å². The van der Waals surface area contributed by atoms with E-state index in [9.17, 15) is 0 Å². The minimum atomic E-state index is -3.22. The Balaban J connectivity index is 2.31. The minimum Gasteiger partial charge on any atom is -0.430 e. The summed E-state index contributed by atoms with van der Waals surface area (Å²) in [6.07, 6.45) is 0. The zero-order valence-electron chi connectivity index (χ0n) is 21.0. The highest BCUT2D eigenvalue weighted by Crippen LogP contribution is 2.25. The summed E-state index contributed by atoms with van der Waals surface area (Å²) >= 11 is 0. The highest BCUT2D eigenvalue weighted by atomic mass is 28.5. The molecular weight excluding hydrogens is 485 g/mol. The van der Waals surface area contributed by atoms with Gasteiger partial charge in [-0.3, -0.25) is 0 Å². The van der Waals surface area contributed by atoms with E-state index >= 15 is 0 Å². The number of rotatable bonds is 11. The smallest absolute Gasteiger partial charge is 0.388 e. The van der Waals surface area contributed by atoms with Crippen LogP contribution in [0, 0.1) is 0 Å². The third-order valence-electron chi connectivity index (χ3n) is 5.79. The maximum absolute atomic E-state index is 7.47. The predicted octanol–water partition coefficient (Wildman–Crippen LogP) is 5.13. The van der Waals surface area contributed by atoms with E-state index in [0.717, 1.165) is 15.6 Å². The molecule has 0 heterocycles. The first-order valence-corrected chi connectivity index (χ1v) is 21.7. The summed E-state index contributed by atoms with van der Waals surface area (Å²) in [6.45, 7) is 19.0. The first-order valence-electron chi connectivity index (χ1n) is 11.6. The standard InChI is InChI=1S/C27H36O3Si4/c1-8-31(3,4)28-33(7,25-19-13-10-14-20-25)30-34(29-32(5,6)9-2,26-21-15-11-16-22-26)27-23-17-12-18-24-27/h8-24H,1-2H2,3-7H3. The molecule has 0 bridgehead atoms. The lowest BCUT2D eigenvalue weighted by molar-refractivity contribution is 0.351. The lowest BCUT2D eigenvalue weighted by atomic mass is 10.4. The molecule has 0 saturated carbocycles. The highest BCUT2D eigenvalue weighted by molar-refractivity contribution is 7.05. The van der Waals surface area contributed by atoms with Crippen molar-refractivity contribution >= 4 is 49.3 Å². The first kappa shape index (κ1) is 26.5. The van der Waals surface area contributed by atoms with Gasteiger partial charge in [0.1, 0.15) is 0 Å². The van der Waals surface area contributed by atoms with Crippen molar-refractivity contribution in [2.24, 2.45) is 0 Å². The monoisotopic (exact) mass is 520 g/mol. The summed E-state index contributed by atoms with van der Waals surface area (Å²) in [5, 5.41) is 3.22.